The minimum Gasteiger partial charge on any atom is -0.379 e. The second-order valence-corrected chi connectivity index (χ2v) is 7.26. The van der Waals surface area contributed by atoms with Crippen molar-refractivity contribution in [2.45, 2.75) is 25.5 Å². The summed E-state index contributed by atoms with van der Waals surface area (Å²) >= 11 is 1.41. The lowest BCUT2D eigenvalue weighted by Gasteiger charge is -2.14. The van der Waals surface area contributed by atoms with Crippen LogP contribution in [0, 0.1) is 0 Å². The summed E-state index contributed by atoms with van der Waals surface area (Å²) in [6.45, 7) is 1.64. The topological polar surface area (TPSA) is 84.7 Å². The van der Waals surface area contributed by atoms with Gasteiger partial charge in [0.25, 0.3) is 11.5 Å². The fraction of sp³-hybridized carbons (Fsp3) is 0.316. The highest BCUT2D eigenvalue weighted by molar-refractivity contribution is 7.15. The average Bonchev–Trinajstić information content (AvgIpc) is 3.36. The maximum absolute atomic E-state index is 12.6. The molecule has 1 aromatic carbocycles. The first-order valence-corrected chi connectivity index (χ1v) is 9.77. The Morgan fingerprint density at radius 3 is 3.11 bits per heavy atom. The minimum atomic E-state index is -0.143. The van der Waals surface area contributed by atoms with Gasteiger partial charge in [-0.25, -0.2) is 4.98 Å². The minimum absolute atomic E-state index is 0.101. The van der Waals surface area contributed by atoms with Crippen LogP contribution in [0.1, 0.15) is 28.9 Å². The summed E-state index contributed by atoms with van der Waals surface area (Å²) < 4.78 is 7.06. The normalized spacial score (nSPS) is 16.5. The third-order valence-electron chi connectivity index (χ3n) is 4.50. The maximum atomic E-state index is 12.6. The standard InChI is InChI=1S/C19H20N4O3S/c24-17-10-13(22-19-23(17)7-9-27-19)11-20-16-6-2-1-5-15(16)18(25)21-12-14-4-3-8-26-14/h1-2,5-7,9-10,14,20H,3-4,8,11-12H2,(H,21,25)/t14-/m0/s1. The molecular weight excluding hydrogens is 364 g/mol. The van der Waals surface area contributed by atoms with E-state index in [0.29, 0.717) is 35.0 Å². The van der Waals surface area contributed by atoms with Gasteiger partial charge >= 0.3 is 0 Å². The first kappa shape index (κ1) is 17.7. The Morgan fingerprint density at radius 2 is 2.26 bits per heavy atom. The van der Waals surface area contributed by atoms with E-state index in [1.165, 1.54) is 21.8 Å². The van der Waals surface area contributed by atoms with E-state index in [0.717, 1.165) is 19.4 Å². The second-order valence-electron chi connectivity index (χ2n) is 6.39. The summed E-state index contributed by atoms with van der Waals surface area (Å²) in [5.74, 6) is -0.143. The number of amides is 1. The van der Waals surface area contributed by atoms with Gasteiger partial charge in [-0.05, 0) is 25.0 Å². The van der Waals surface area contributed by atoms with Crippen molar-refractivity contribution >= 4 is 27.9 Å². The molecule has 0 radical (unpaired) electrons. The number of thiazole rings is 1. The summed E-state index contributed by atoms with van der Waals surface area (Å²) in [6, 6.07) is 8.82. The van der Waals surface area contributed by atoms with Crippen LogP contribution in [0.5, 0.6) is 0 Å². The van der Waals surface area contributed by atoms with E-state index in [1.54, 1.807) is 12.3 Å². The van der Waals surface area contributed by atoms with Crippen LogP contribution in [-0.4, -0.2) is 34.5 Å². The lowest BCUT2D eigenvalue weighted by Crippen LogP contribution is -2.32. The molecule has 140 valence electrons. The van der Waals surface area contributed by atoms with Crippen LogP contribution in [0.25, 0.3) is 4.96 Å². The number of benzene rings is 1. The molecule has 1 aliphatic heterocycles. The predicted octanol–water partition coefficient (Wildman–Crippen LogP) is 2.28. The van der Waals surface area contributed by atoms with Crippen LogP contribution < -0.4 is 16.2 Å². The van der Waals surface area contributed by atoms with Gasteiger partial charge in [-0.3, -0.25) is 14.0 Å². The van der Waals surface area contributed by atoms with Crippen molar-refractivity contribution in [2.24, 2.45) is 0 Å². The zero-order valence-corrected chi connectivity index (χ0v) is 15.5. The number of anilines is 1. The molecule has 0 spiro atoms. The highest BCUT2D eigenvalue weighted by Gasteiger charge is 2.18. The SMILES string of the molecule is O=C(NC[C@@H]1CCCO1)c1ccccc1NCc1cc(=O)n2ccsc2n1. The first-order chi connectivity index (χ1) is 13.2. The third-order valence-corrected chi connectivity index (χ3v) is 5.26. The van der Waals surface area contributed by atoms with Crippen molar-refractivity contribution in [1.29, 1.82) is 0 Å². The fourth-order valence-electron chi connectivity index (χ4n) is 3.11. The number of fused-ring (bicyclic) bond motifs is 1. The molecular formula is C19H20N4O3S. The van der Waals surface area contributed by atoms with E-state index in [-0.39, 0.29) is 17.6 Å². The van der Waals surface area contributed by atoms with E-state index in [4.69, 9.17) is 4.74 Å². The number of hydrogen-bond acceptors (Lipinski definition) is 6. The van der Waals surface area contributed by atoms with Gasteiger partial charge < -0.3 is 15.4 Å². The summed E-state index contributed by atoms with van der Waals surface area (Å²) in [6.07, 6.45) is 3.83. The largest absolute Gasteiger partial charge is 0.379 e. The van der Waals surface area contributed by atoms with Crippen molar-refractivity contribution in [1.82, 2.24) is 14.7 Å². The average molecular weight is 384 g/mol. The molecule has 0 aliphatic carbocycles. The molecule has 3 heterocycles. The van der Waals surface area contributed by atoms with E-state index >= 15 is 0 Å². The Bertz CT molecular complexity index is 1010. The number of rotatable bonds is 6. The molecule has 2 aromatic heterocycles. The number of ether oxygens (including phenoxy) is 1. The van der Waals surface area contributed by atoms with Gasteiger partial charge in [0.05, 0.1) is 23.9 Å². The maximum Gasteiger partial charge on any atom is 0.258 e. The lowest BCUT2D eigenvalue weighted by molar-refractivity contribution is 0.0858. The highest BCUT2D eigenvalue weighted by Crippen LogP contribution is 2.17. The van der Waals surface area contributed by atoms with Gasteiger partial charge in [-0.2, -0.15) is 0 Å². The first-order valence-electron chi connectivity index (χ1n) is 8.89. The van der Waals surface area contributed by atoms with Gasteiger partial charge in [-0.1, -0.05) is 12.1 Å². The molecule has 1 saturated heterocycles. The lowest BCUT2D eigenvalue weighted by atomic mass is 10.1. The van der Waals surface area contributed by atoms with Crippen LogP contribution in [0.15, 0.2) is 46.7 Å². The zero-order chi connectivity index (χ0) is 18.6. The quantitative estimate of drug-likeness (QED) is 0.681. The Balaban J connectivity index is 1.45. The summed E-state index contributed by atoms with van der Waals surface area (Å²) in [5, 5.41) is 7.99. The smallest absolute Gasteiger partial charge is 0.258 e. The van der Waals surface area contributed by atoms with Crippen LogP contribution in [0.4, 0.5) is 5.69 Å². The number of nitrogens with one attached hydrogen (secondary N) is 2. The molecule has 0 unspecified atom stereocenters. The van der Waals surface area contributed by atoms with Crippen LogP contribution >= 0.6 is 11.3 Å². The number of carbonyl (C=O) groups is 1. The molecule has 7 nitrogen and oxygen atoms in total. The summed E-state index contributed by atoms with van der Waals surface area (Å²) in [4.78, 5) is 29.8. The Hall–Kier alpha value is -2.71. The fourth-order valence-corrected chi connectivity index (χ4v) is 3.85. The van der Waals surface area contributed by atoms with Gasteiger partial charge in [0.15, 0.2) is 4.96 Å². The van der Waals surface area contributed by atoms with Crippen LogP contribution in [0.3, 0.4) is 0 Å². The molecule has 2 N–H and O–H groups in total. The van der Waals surface area contributed by atoms with Crippen molar-refractivity contribution in [3.05, 3.63) is 63.5 Å². The molecule has 0 bridgehead atoms. The van der Waals surface area contributed by atoms with E-state index in [1.807, 2.05) is 23.6 Å². The molecule has 1 amide bonds. The van der Waals surface area contributed by atoms with E-state index < -0.39 is 0 Å². The Morgan fingerprint density at radius 1 is 1.37 bits per heavy atom. The van der Waals surface area contributed by atoms with E-state index in [9.17, 15) is 9.59 Å². The van der Waals surface area contributed by atoms with E-state index in [2.05, 4.69) is 15.6 Å². The number of hydrogen-bond donors (Lipinski definition) is 2. The highest BCUT2D eigenvalue weighted by atomic mass is 32.1. The predicted molar refractivity (Wildman–Crippen MR) is 104 cm³/mol. The molecule has 1 fully saturated rings. The van der Waals surface area contributed by atoms with Gasteiger partial charge in [0.2, 0.25) is 0 Å². The summed E-state index contributed by atoms with van der Waals surface area (Å²) in [5.41, 5.74) is 1.79. The van der Waals surface area contributed by atoms with Gasteiger partial charge in [-0.15, -0.1) is 11.3 Å². The number of carbonyl (C=O) groups excluding carboxylic acids is 1. The molecule has 27 heavy (non-hydrogen) atoms. The molecule has 1 aliphatic rings. The van der Waals surface area contributed by atoms with Crippen LogP contribution in [-0.2, 0) is 11.3 Å². The third kappa shape index (κ3) is 4.01. The number of para-hydroxylation sites is 1. The van der Waals surface area contributed by atoms with Crippen molar-refractivity contribution < 1.29 is 9.53 Å². The molecule has 0 saturated carbocycles. The monoisotopic (exact) mass is 384 g/mol. The summed E-state index contributed by atoms with van der Waals surface area (Å²) in [7, 11) is 0. The number of nitrogens with zero attached hydrogens (tertiary/aromatic N) is 2. The van der Waals surface area contributed by atoms with Gasteiger partial charge in [0, 0.05) is 36.5 Å². The second kappa shape index (κ2) is 7.89. The Labute approximate surface area is 160 Å². The number of aromatic nitrogens is 2. The van der Waals surface area contributed by atoms with Crippen molar-refractivity contribution in [2.75, 3.05) is 18.5 Å². The molecule has 4 rings (SSSR count). The van der Waals surface area contributed by atoms with Crippen molar-refractivity contribution in [3.8, 4) is 0 Å². The van der Waals surface area contributed by atoms with Crippen LogP contribution in [0.2, 0.25) is 0 Å². The van der Waals surface area contributed by atoms with Crippen molar-refractivity contribution in [3.63, 3.8) is 0 Å². The molecule has 8 heteroatoms. The Kier molecular flexibility index (Phi) is 5.17. The zero-order valence-electron chi connectivity index (χ0n) is 14.7. The molecule has 3 aromatic rings. The van der Waals surface area contributed by atoms with Gasteiger partial charge in [0.1, 0.15) is 0 Å². The molecule has 1 atom stereocenters.